The number of rotatable bonds is 6. The Morgan fingerprint density at radius 1 is 1.33 bits per heavy atom. The van der Waals surface area contributed by atoms with Crippen LogP contribution in [0, 0.1) is 0 Å². The summed E-state index contributed by atoms with van der Waals surface area (Å²) < 4.78 is 5.20. The quantitative estimate of drug-likeness (QED) is 0.391. The van der Waals surface area contributed by atoms with Crippen molar-refractivity contribution in [1.29, 1.82) is 0 Å². The number of carbonyl (C=O) groups is 1. The third-order valence-electron chi connectivity index (χ3n) is 2.11. The van der Waals surface area contributed by atoms with E-state index in [1.54, 1.807) is 6.26 Å². The molecule has 6 heteroatoms. The molecule has 1 aromatic rings. The van der Waals surface area contributed by atoms with Crippen LogP contribution in [0.15, 0.2) is 27.8 Å². The van der Waals surface area contributed by atoms with Gasteiger partial charge in [-0.05, 0) is 19.1 Å². The summed E-state index contributed by atoms with van der Waals surface area (Å²) >= 11 is 0. The van der Waals surface area contributed by atoms with Gasteiger partial charge in [-0.25, -0.2) is 4.99 Å². The first-order chi connectivity index (χ1) is 8.72. The summed E-state index contributed by atoms with van der Waals surface area (Å²) in [6, 6.07) is 3.71. The van der Waals surface area contributed by atoms with E-state index < -0.39 is 0 Å². The molecule has 100 valence electrons. The molecule has 0 unspecified atom stereocenters. The SMILES string of the molecule is CCNC(=NCc1ccco1)NCCNC(C)=O. The molecule has 3 N–H and O–H groups in total. The maximum Gasteiger partial charge on any atom is 0.216 e. The smallest absolute Gasteiger partial charge is 0.216 e. The third kappa shape index (κ3) is 5.93. The summed E-state index contributed by atoms with van der Waals surface area (Å²) in [5, 5.41) is 8.95. The van der Waals surface area contributed by atoms with Gasteiger partial charge < -0.3 is 20.4 Å². The van der Waals surface area contributed by atoms with Crippen LogP contribution < -0.4 is 16.0 Å². The summed E-state index contributed by atoms with van der Waals surface area (Å²) in [4.78, 5) is 15.1. The normalized spacial score (nSPS) is 11.1. The Kier molecular flexibility index (Phi) is 6.38. The Hall–Kier alpha value is -1.98. The predicted octanol–water partition coefficient (Wildman–Crippen LogP) is 0.471. The monoisotopic (exact) mass is 252 g/mol. The molecule has 0 fully saturated rings. The molecule has 0 aromatic carbocycles. The number of nitrogens with zero attached hydrogens (tertiary/aromatic N) is 1. The first-order valence-electron chi connectivity index (χ1n) is 6.01. The van der Waals surface area contributed by atoms with Crippen molar-refractivity contribution in [1.82, 2.24) is 16.0 Å². The highest BCUT2D eigenvalue weighted by atomic mass is 16.3. The Labute approximate surface area is 107 Å². The fraction of sp³-hybridized carbons (Fsp3) is 0.500. The van der Waals surface area contributed by atoms with E-state index in [1.165, 1.54) is 6.92 Å². The molecule has 1 rings (SSSR count). The molecule has 0 radical (unpaired) electrons. The van der Waals surface area contributed by atoms with E-state index in [-0.39, 0.29) is 5.91 Å². The van der Waals surface area contributed by atoms with Gasteiger partial charge in [0.1, 0.15) is 12.3 Å². The zero-order valence-electron chi connectivity index (χ0n) is 10.8. The van der Waals surface area contributed by atoms with Crippen molar-refractivity contribution in [3.8, 4) is 0 Å². The highest BCUT2D eigenvalue weighted by Gasteiger charge is 1.98. The zero-order valence-corrected chi connectivity index (χ0v) is 10.8. The van der Waals surface area contributed by atoms with Crippen molar-refractivity contribution in [3.63, 3.8) is 0 Å². The van der Waals surface area contributed by atoms with E-state index >= 15 is 0 Å². The minimum atomic E-state index is -0.0330. The van der Waals surface area contributed by atoms with Gasteiger partial charge in [0.05, 0.1) is 6.26 Å². The van der Waals surface area contributed by atoms with E-state index in [9.17, 15) is 4.79 Å². The van der Waals surface area contributed by atoms with E-state index in [2.05, 4.69) is 20.9 Å². The van der Waals surface area contributed by atoms with Gasteiger partial charge in [0.2, 0.25) is 5.91 Å². The first-order valence-corrected chi connectivity index (χ1v) is 6.01. The number of furan rings is 1. The van der Waals surface area contributed by atoms with Gasteiger partial charge >= 0.3 is 0 Å². The molecule has 0 aliphatic rings. The van der Waals surface area contributed by atoms with Gasteiger partial charge in [-0.2, -0.15) is 0 Å². The molecule has 1 amide bonds. The molecule has 1 heterocycles. The molecule has 0 saturated heterocycles. The lowest BCUT2D eigenvalue weighted by Gasteiger charge is -2.10. The van der Waals surface area contributed by atoms with Crippen molar-refractivity contribution in [3.05, 3.63) is 24.2 Å². The minimum Gasteiger partial charge on any atom is -0.467 e. The minimum absolute atomic E-state index is 0.0330. The van der Waals surface area contributed by atoms with Crippen LogP contribution >= 0.6 is 0 Å². The highest BCUT2D eigenvalue weighted by Crippen LogP contribution is 2.00. The number of carbonyl (C=O) groups excluding carboxylic acids is 1. The standard InChI is InChI=1S/C12H20N4O2/c1-3-13-12(15-7-6-14-10(2)17)16-9-11-5-4-8-18-11/h4-5,8H,3,6-7,9H2,1-2H3,(H,14,17)(H2,13,15,16). The largest absolute Gasteiger partial charge is 0.467 e. The van der Waals surface area contributed by atoms with Gasteiger partial charge in [0.15, 0.2) is 5.96 Å². The Balaban J connectivity index is 2.33. The molecule has 0 aliphatic carbocycles. The molecule has 1 aromatic heterocycles. The average Bonchev–Trinajstić information content (AvgIpc) is 2.84. The molecule has 0 atom stereocenters. The van der Waals surface area contributed by atoms with Crippen LogP contribution in [0.25, 0.3) is 0 Å². The van der Waals surface area contributed by atoms with Crippen molar-refractivity contribution in [2.45, 2.75) is 20.4 Å². The van der Waals surface area contributed by atoms with Crippen LogP contribution in [0.4, 0.5) is 0 Å². The molecular weight excluding hydrogens is 232 g/mol. The number of aliphatic imine (C=N–C) groups is 1. The van der Waals surface area contributed by atoms with Gasteiger partial charge in [0.25, 0.3) is 0 Å². The maximum atomic E-state index is 10.7. The van der Waals surface area contributed by atoms with Crippen LogP contribution in [0.2, 0.25) is 0 Å². The fourth-order valence-corrected chi connectivity index (χ4v) is 1.32. The molecule has 0 spiro atoms. The van der Waals surface area contributed by atoms with E-state index in [1.807, 2.05) is 19.1 Å². The summed E-state index contributed by atoms with van der Waals surface area (Å²) in [6.45, 7) is 5.96. The lowest BCUT2D eigenvalue weighted by atomic mass is 10.4. The number of nitrogens with one attached hydrogen (secondary N) is 3. The number of amides is 1. The van der Waals surface area contributed by atoms with Crippen LogP contribution in [0.1, 0.15) is 19.6 Å². The van der Waals surface area contributed by atoms with Crippen molar-refractivity contribution >= 4 is 11.9 Å². The van der Waals surface area contributed by atoms with Crippen LogP contribution in [0.5, 0.6) is 0 Å². The summed E-state index contributed by atoms with van der Waals surface area (Å²) in [7, 11) is 0. The second kappa shape index (κ2) is 8.16. The molecule has 18 heavy (non-hydrogen) atoms. The maximum absolute atomic E-state index is 10.7. The van der Waals surface area contributed by atoms with Crippen molar-refractivity contribution in [2.75, 3.05) is 19.6 Å². The Morgan fingerprint density at radius 2 is 2.11 bits per heavy atom. The topological polar surface area (TPSA) is 78.7 Å². The predicted molar refractivity (Wildman–Crippen MR) is 70.2 cm³/mol. The second-order valence-corrected chi connectivity index (χ2v) is 3.68. The number of hydrogen-bond donors (Lipinski definition) is 3. The Bertz CT molecular complexity index is 373. The van der Waals surface area contributed by atoms with Crippen LogP contribution in [-0.2, 0) is 11.3 Å². The zero-order chi connectivity index (χ0) is 13.2. The fourth-order valence-electron chi connectivity index (χ4n) is 1.32. The summed E-state index contributed by atoms with van der Waals surface area (Å²) in [5.41, 5.74) is 0. The summed E-state index contributed by atoms with van der Waals surface area (Å²) in [6.07, 6.45) is 1.63. The van der Waals surface area contributed by atoms with Gasteiger partial charge in [-0.1, -0.05) is 0 Å². The lowest BCUT2D eigenvalue weighted by Crippen LogP contribution is -2.41. The van der Waals surface area contributed by atoms with E-state index in [0.29, 0.717) is 25.6 Å². The number of guanidine groups is 1. The van der Waals surface area contributed by atoms with Gasteiger partial charge in [-0.15, -0.1) is 0 Å². The molecule has 0 bridgehead atoms. The van der Waals surface area contributed by atoms with Crippen LogP contribution in [0.3, 0.4) is 0 Å². The van der Waals surface area contributed by atoms with E-state index in [0.717, 1.165) is 12.3 Å². The van der Waals surface area contributed by atoms with Crippen LogP contribution in [-0.4, -0.2) is 31.5 Å². The highest BCUT2D eigenvalue weighted by molar-refractivity contribution is 5.79. The second-order valence-electron chi connectivity index (χ2n) is 3.68. The molecule has 0 aliphatic heterocycles. The third-order valence-corrected chi connectivity index (χ3v) is 2.11. The van der Waals surface area contributed by atoms with Crippen molar-refractivity contribution < 1.29 is 9.21 Å². The van der Waals surface area contributed by atoms with Gasteiger partial charge in [0, 0.05) is 26.6 Å². The molecular formula is C12H20N4O2. The first kappa shape index (κ1) is 14.1. The average molecular weight is 252 g/mol. The summed E-state index contributed by atoms with van der Waals surface area (Å²) in [5.74, 6) is 1.49. The number of hydrogen-bond acceptors (Lipinski definition) is 3. The molecule has 6 nitrogen and oxygen atoms in total. The van der Waals surface area contributed by atoms with E-state index in [4.69, 9.17) is 4.42 Å². The molecule has 0 saturated carbocycles. The lowest BCUT2D eigenvalue weighted by molar-refractivity contribution is -0.118. The Morgan fingerprint density at radius 3 is 2.72 bits per heavy atom. The van der Waals surface area contributed by atoms with Gasteiger partial charge in [-0.3, -0.25) is 4.79 Å². The van der Waals surface area contributed by atoms with Crippen molar-refractivity contribution in [2.24, 2.45) is 4.99 Å².